The first kappa shape index (κ1) is 9.62. The fourth-order valence-corrected chi connectivity index (χ4v) is 1.38. The number of hydrogen-bond donors (Lipinski definition) is 1. The van der Waals surface area contributed by atoms with E-state index in [1.165, 1.54) is 19.1 Å². The molecule has 0 spiro atoms. The Kier molecular flexibility index (Phi) is 2.49. The van der Waals surface area contributed by atoms with Crippen LogP contribution in [0.5, 0.6) is 0 Å². The van der Waals surface area contributed by atoms with Crippen molar-refractivity contribution < 1.29 is 9.90 Å². The number of carbonyl (C=O) groups is 1. The molecular weight excluding hydrogens is 199 g/mol. The molecule has 0 amide bonds. The van der Waals surface area contributed by atoms with Gasteiger partial charge in [-0.15, -0.1) is 0 Å². The minimum atomic E-state index is -1.06. The van der Waals surface area contributed by atoms with E-state index in [0.717, 1.165) is 0 Å². The molecule has 0 atom stereocenters. The van der Waals surface area contributed by atoms with Gasteiger partial charge >= 0.3 is 0 Å². The maximum absolute atomic E-state index is 10.9. The largest absolute Gasteiger partial charge is 0.508 e. The molecule has 1 aliphatic carbocycles. The van der Waals surface area contributed by atoms with Gasteiger partial charge in [0.05, 0.1) is 0 Å². The second-order valence-corrected chi connectivity index (χ2v) is 4.23. The maximum Gasteiger partial charge on any atom is 0.159 e. The lowest BCUT2D eigenvalue weighted by molar-refractivity contribution is -0.113. The molecule has 0 aromatic carbocycles. The molecule has 0 aromatic rings. The predicted molar refractivity (Wildman–Crippen MR) is 48.5 cm³/mol. The lowest BCUT2D eigenvalue weighted by Crippen LogP contribution is -2.18. The molecule has 0 bridgehead atoms. The van der Waals surface area contributed by atoms with E-state index in [-0.39, 0.29) is 23.5 Å². The lowest BCUT2D eigenvalue weighted by atomic mass is 10.00. The first-order valence-electron chi connectivity index (χ1n) is 3.42. The van der Waals surface area contributed by atoms with Crippen molar-refractivity contribution in [2.24, 2.45) is 0 Å². The van der Waals surface area contributed by atoms with E-state index in [1.54, 1.807) is 0 Å². The topological polar surface area (TPSA) is 37.3 Å². The van der Waals surface area contributed by atoms with Gasteiger partial charge in [0.25, 0.3) is 0 Å². The summed E-state index contributed by atoms with van der Waals surface area (Å²) in [6, 6.07) is 0. The molecule has 0 unspecified atom stereocenters. The van der Waals surface area contributed by atoms with Crippen LogP contribution in [-0.4, -0.2) is 15.2 Å². The Morgan fingerprint density at radius 2 is 2.25 bits per heavy atom. The Hall–Kier alpha value is -0.470. The van der Waals surface area contributed by atoms with Crippen LogP contribution in [0.1, 0.15) is 13.3 Å². The highest BCUT2D eigenvalue weighted by molar-refractivity contribution is 6.50. The summed E-state index contributed by atoms with van der Waals surface area (Å²) in [5, 5.41) is 9.23. The van der Waals surface area contributed by atoms with Crippen LogP contribution < -0.4 is 0 Å². The predicted octanol–water partition coefficient (Wildman–Crippen LogP) is 2.52. The quantitative estimate of drug-likeness (QED) is 0.670. The van der Waals surface area contributed by atoms with Crippen LogP contribution in [-0.2, 0) is 4.79 Å². The summed E-state index contributed by atoms with van der Waals surface area (Å²) < 4.78 is -1.06. The highest BCUT2D eigenvalue weighted by Gasteiger charge is 2.28. The second-order valence-electron chi connectivity index (χ2n) is 2.69. The maximum atomic E-state index is 10.9. The van der Waals surface area contributed by atoms with Gasteiger partial charge in [-0.1, -0.05) is 23.2 Å². The molecule has 0 saturated heterocycles. The summed E-state index contributed by atoms with van der Waals surface area (Å²) in [5.41, 5.74) is 0.280. The standard InChI is InChI=1S/C8H8Cl2O2/c1-5(11)6-4-8(9,10)3-2-7(6)12/h2-3,12H,4H2,1H3. The highest BCUT2D eigenvalue weighted by atomic mass is 35.5. The van der Waals surface area contributed by atoms with Crippen molar-refractivity contribution >= 4 is 29.0 Å². The van der Waals surface area contributed by atoms with E-state index < -0.39 is 4.33 Å². The third-order valence-electron chi connectivity index (χ3n) is 1.63. The van der Waals surface area contributed by atoms with Gasteiger partial charge in [-0.05, 0) is 19.1 Å². The van der Waals surface area contributed by atoms with Crippen LogP contribution in [0.2, 0.25) is 0 Å². The van der Waals surface area contributed by atoms with E-state index in [4.69, 9.17) is 23.2 Å². The first-order valence-corrected chi connectivity index (χ1v) is 4.18. The van der Waals surface area contributed by atoms with Crippen molar-refractivity contribution in [3.8, 4) is 0 Å². The SMILES string of the molecule is CC(=O)C1=C(O)C=CC(Cl)(Cl)C1. The fourth-order valence-electron chi connectivity index (χ4n) is 0.991. The Balaban J connectivity index is 2.99. The molecule has 0 aliphatic heterocycles. The van der Waals surface area contributed by atoms with Gasteiger partial charge in [0.15, 0.2) is 5.78 Å². The number of aliphatic hydroxyl groups is 1. The molecule has 0 radical (unpaired) electrons. The molecule has 1 rings (SSSR count). The van der Waals surface area contributed by atoms with Crippen LogP contribution in [0.15, 0.2) is 23.5 Å². The Morgan fingerprint density at radius 3 is 2.67 bits per heavy atom. The molecule has 0 saturated carbocycles. The number of hydrogen-bond acceptors (Lipinski definition) is 2. The minimum Gasteiger partial charge on any atom is -0.508 e. The number of carbonyl (C=O) groups excluding carboxylic acids is 1. The smallest absolute Gasteiger partial charge is 0.159 e. The van der Waals surface area contributed by atoms with Gasteiger partial charge < -0.3 is 5.11 Å². The zero-order valence-electron chi connectivity index (χ0n) is 6.47. The van der Waals surface area contributed by atoms with Crippen LogP contribution in [0.25, 0.3) is 0 Å². The molecule has 4 heteroatoms. The van der Waals surface area contributed by atoms with Gasteiger partial charge in [0, 0.05) is 12.0 Å². The van der Waals surface area contributed by atoms with Crippen LogP contribution in [0.3, 0.4) is 0 Å². The summed E-state index contributed by atoms with van der Waals surface area (Å²) in [6.07, 6.45) is 2.96. The van der Waals surface area contributed by atoms with E-state index >= 15 is 0 Å². The highest BCUT2D eigenvalue weighted by Crippen LogP contribution is 2.35. The monoisotopic (exact) mass is 206 g/mol. The number of allylic oxidation sites excluding steroid dienone is 3. The number of alkyl halides is 2. The van der Waals surface area contributed by atoms with Crippen molar-refractivity contribution in [2.45, 2.75) is 17.7 Å². The van der Waals surface area contributed by atoms with Gasteiger partial charge in [0.2, 0.25) is 0 Å². The summed E-state index contributed by atoms with van der Waals surface area (Å²) in [7, 11) is 0. The summed E-state index contributed by atoms with van der Waals surface area (Å²) in [6.45, 7) is 1.37. The summed E-state index contributed by atoms with van der Waals surface area (Å²) >= 11 is 11.5. The van der Waals surface area contributed by atoms with Crippen molar-refractivity contribution in [3.05, 3.63) is 23.5 Å². The average molecular weight is 207 g/mol. The van der Waals surface area contributed by atoms with E-state index in [1.807, 2.05) is 0 Å². The van der Waals surface area contributed by atoms with Gasteiger partial charge in [-0.25, -0.2) is 0 Å². The molecule has 0 heterocycles. The van der Waals surface area contributed by atoms with Gasteiger partial charge in [0.1, 0.15) is 10.1 Å². The normalized spacial score (nSPS) is 21.2. The molecule has 0 fully saturated rings. The number of ketones is 1. The molecule has 2 nitrogen and oxygen atoms in total. The van der Waals surface area contributed by atoms with Crippen molar-refractivity contribution in [2.75, 3.05) is 0 Å². The van der Waals surface area contributed by atoms with E-state index in [9.17, 15) is 9.90 Å². The van der Waals surface area contributed by atoms with Crippen LogP contribution >= 0.6 is 23.2 Å². The Morgan fingerprint density at radius 1 is 1.67 bits per heavy atom. The molecule has 1 N–H and O–H groups in total. The zero-order chi connectivity index (χ0) is 9.35. The van der Waals surface area contributed by atoms with Crippen LogP contribution in [0.4, 0.5) is 0 Å². The Bertz CT molecular complexity index is 277. The van der Waals surface area contributed by atoms with Gasteiger partial charge in [-0.2, -0.15) is 0 Å². The third-order valence-corrected chi connectivity index (χ3v) is 2.15. The second kappa shape index (κ2) is 3.11. The zero-order valence-corrected chi connectivity index (χ0v) is 7.99. The number of rotatable bonds is 1. The van der Waals surface area contributed by atoms with Crippen molar-refractivity contribution in [1.29, 1.82) is 0 Å². The third kappa shape index (κ3) is 2.02. The first-order chi connectivity index (χ1) is 5.42. The lowest BCUT2D eigenvalue weighted by Gasteiger charge is -2.20. The van der Waals surface area contributed by atoms with Crippen molar-refractivity contribution in [3.63, 3.8) is 0 Å². The average Bonchev–Trinajstić information content (AvgIpc) is 1.94. The molecule has 66 valence electrons. The Labute approximate surface area is 80.5 Å². The van der Waals surface area contributed by atoms with Crippen LogP contribution in [0, 0.1) is 0 Å². The van der Waals surface area contributed by atoms with E-state index in [0.29, 0.717) is 0 Å². The summed E-state index contributed by atoms with van der Waals surface area (Å²) in [5.74, 6) is -0.248. The van der Waals surface area contributed by atoms with Crippen molar-refractivity contribution in [1.82, 2.24) is 0 Å². The molecular formula is C8H8Cl2O2. The minimum absolute atomic E-state index is 0.0422. The fraction of sp³-hybridized carbons (Fsp3) is 0.375. The number of Topliss-reactive ketones (excluding diaryl/α,β-unsaturated/α-hetero) is 1. The molecule has 12 heavy (non-hydrogen) atoms. The number of aliphatic hydroxyl groups excluding tert-OH is 1. The molecule has 1 aliphatic rings. The summed E-state index contributed by atoms with van der Waals surface area (Å²) in [4.78, 5) is 10.9. The number of halogens is 2. The van der Waals surface area contributed by atoms with E-state index in [2.05, 4.69) is 0 Å². The van der Waals surface area contributed by atoms with Gasteiger partial charge in [-0.3, -0.25) is 4.79 Å². The molecule has 0 aromatic heterocycles.